The van der Waals surface area contributed by atoms with Gasteiger partial charge in [-0.05, 0) is 24.6 Å². The highest BCUT2D eigenvalue weighted by molar-refractivity contribution is 7.99. The largest absolute Gasteiger partial charge is 0.454 e. The number of rotatable bonds is 6. The molecule has 170 valence electrons. The minimum atomic E-state index is -0.138. The van der Waals surface area contributed by atoms with E-state index in [1.54, 1.807) is 13.0 Å². The molecule has 9 nitrogen and oxygen atoms in total. The molecule has 32 heavy (non-hydrogen) atoms. The fourth-order valence-corrected chi connectivity index (χ4v) is 4.59. The molecule has 4 rings (SSSR count). The van der Waals surface area contributed by atoms with Gasteiger partial charge in [0.25, 0.3) is 0 Å². The third-order valence-electron chi connectivity index (χ3n) is 5.28. The highest BCUT2D eigenvalue weighted by Crippen LogP contribution is 2.32. The molecule has 0 saturated carbocycles. The van der Waals surface area contributed by atoms with Crippen LogP contribution in [0.1, 0.15) is 19.4 Å². The van der Waals surface area contributed by atoms with Crippen LogP contribution in [0.3, 0.4) is 0 Å². The molecule has 0 bridgehead atoms. The summed E-state index contributed by atoms with van der Waals surface area (Å²) < 4.78 is 10.6. The zero-order chi connectivity index (χ0) is 22.7. The van der Waals surface area contributed by atoms with E-state index in [9.17, 15) is 9.59 Å². The molecule has 11 heteroatoms. The van der Waals surface area contributed by atoms with Gasteiger partial charge in [-0.2, -0.15) is 0 Å². The van der Waals surface area contributed by atoms with Crippen molar-refractivity contribution in [3.05, 3.63) is 35.0 Å². The molecule has 2 aliphatic heterocycles. The second-order valence-electron chi connectivity index (χ2n) is 7.59. The van der Waals surface area contributed by atoms with Crippen LogP contribution in [-0.4, -0.2) is 64.9 Å². The Kier molecular flexibility index (Phi) is 6.90. The van der Waals surface area contributed by atoms with Crippen molar-refractivity contribution < 1.29 is 19.1 Å². The zero-order valence-corrected chi connectivity index (χ0v) is 19.4. The molecular formula is C21H24ClN5O4S. The van der Waals surface area contributed by atoms with E-state index in [4.69, 9.17) is 21.1 Å². The maximum atomic E-state index is 12.3. The van der Waals surface area contributed by atoms with E-state index >= 15 is 0 Å². The first-order chi connectivity index (χ1) is 15.4. The fourth-order valence-electron chi connectivity index (χ4n) is 3.68. The highest BCUT2D eigenvalue weighted by Gasteiger charge is 2.26. The molecule has 2 aliphatic rings. The Balaban J connectivity index is 1.31. The van der Waals surface area contributed by atoms with Gasteiger partial charge in [0.2, 0.25) is 18.6 Å². The summed E-state index contributed by atoms with van der Waals surface area (Å²) in [5.41, 5.74) is 0.924. The van der Waals surface area contributed by atoms with Gasteiger partial charge in [-0.3, -0.25) is 9.59 Å². The highest BCUT2D eigenvalue weighted by atomic mass is 35.5. The quantitative estimate of drug-likeness (QED) is 0.384. The van der Waals surface area contributed by atoms with Crippen LogP contribution in [0.15, 0.2) is 29.4 Å². The number of fused-ring (bicyclic) bond motifs is 1. The van der Waals surface area contributed by atoms with Crippen LogP contribution in [0.5, 0.6) is 11.5 Å². The number of piperazine rings is 1. The van der Waals surface area contributed by atoms with Gasteiger partial charge < -0.3 is 24.6 Å². The second kappa shape index (κ2) is 9.83. The summed E-state index contributed by atoms with van der Waals surface area (Å²) in [5, 5.41) is 3.64. The van der Waals surface area contributed by atoms with Gasteiger partial charge >= 0.3 is 0 Å². The van der Waals surface area contributed by atoms with Crippen LogP contribution < -0.4 is 19.7 Å². The maximum absolute atomic E-state index is 12.3. The van der Waals surface area contributed by atoms with E-state index in [2.05, 4.69) is 20.2 Å². The summed E-state index contributed by atoms with van der Waals surface area (Å²) in [6.45, 7) is 6.15. The van der Waals surface area contributed by atoms with E-state index < -0.39 is 0 Å². The third kappa shape index (κ3) is 5.36. The van der Waals surface area contributed by atoms with Crippen molar-refractivity contribution in [1.82, 2.24) is 20.2 Å². The van der Waals surface area contributed by atoms with Gasteiger partial charge in [0.15, 0.2) is 16.7 Å². The van der Waals surface area contributed by atoms with E-state index in [0.29, 0.717) is 53.8 Å². The number of benzene rings is 1. The molecule has 1 aromatic carbocycles. The van der Waals surface area contributed by atoms with Crippen molar-refractivity contribution in [1.29, 1.82) is 0 Å². The first-order valence-corrected chi connectivity index (χ1v) is 11.6. The van der Waals surface area contributed by atoms with Crippen LogP contribution in [-0.2, 0) is 16.1 Å². The molecule has 1 unspecified atom stereocenters. The number of hydrogen-bond donors (Lipinski definition) is 1. The molecule has 1 saturated heterocycles. The average molecular weight is 478 g/mol. The molecular weight excluding hydrogens is 454 g/mol. The van der Waals surface area contributed by atoms with Gasteiger partial charge in [0.05, 0.1) is 5.75 Å². The number of amides is 2. The van der Waals surface area contributed by atoms with E-state index in [1.807, 2.05) is 30.0 Å². The van der Waals surface area contributed by atoms with Crippen LogP contribution in [0.2, 0.25) is 5.15 Å². The smallest absolute Gasteiger partial charge is 0.231 e. The molecule has 3 heterocycles. The number of nitrogens with one attached hydrogen (secondary N) is 1. The van der Waals surface area contributed by atoms with Crippen molar-refractivity contribution in [2.75, 3.05) is 37.1 Å². The molecule has 1 N–H and O–H groups in total. The molecule has 0 aliphatic carbocycles. The predicted octanol–water partition coefficient (Wildman–Crippen LogP) is 2.32. The summed E-state index contributed by atoms with van der Waals surface area (Å²) in [4.78, 5) is 36.8. The number of ether oxygens (including phenoxy) is 2. The number of thioether (sulfide) groups is 1. The molecule has 1 atom stereocenters. The second-order valence-corrected chi connectivity index (χ2v) is 8.92. The number of carbonyl (C=O) groups is 2. The molecule has 2 aromatic rings. The van der Waals surface area contributed by atoms with Crippen LogP contribution in [0.4, 0.5) is 5.82 Å². The van der Waals surface area contributed by atoms with Gasteiger partial charge in [0.1, 0.15) is 11.0 Å². The van der Waals surface area contributed by atoms with Gasteiger partial charge in [-0.15, -0.1) is 0 Å². The summed E-state index contributed by atoms with van der Waals surface area (Å²) in [5.74, 6) is 2.19. The average Bonchev–Trinajstić information content (AvgIpc) is 3.23. The predicted molar refractivity (Wildman–Crippen MR) is 121 cm³/mol. The van der Waals surface area contributed by atoms with Gasteiger partial charge in [-0.25, -0.2) is 9.97 Å². The molecule has 0 spiro atoms. The lowest BCUT2D eigenvalue weighted by Gasteiger charge is -2.40. The van der Waals surface area contributed by atoms with Crippen molar-refractivity contribution >= 4 is 41.0 Å². The monoisotopic (exact) mass is 477 g/mol. The Morgan fingerprint density at radius 2 is 2.03 bits per heavy atom. The van der Waals surface area contributed by atoms with E-state index in [1.165, 1.54) is 11.8 Å². The first-order valence-electron chi connectivity index (χ1n) is 10.2. The molecule has 1 aromatic heterocycles. The Morgan fingerprint density at radius 1 is 1.22 bits per heavy atom. The molecule has 1 fully saturated rings. The van der Waals surface area contributed by atoms with Crippen molar-refractivity contribution in [2.24, 2.45) is 0 Å². The summed E-state index contributed by atoms with van der Waals surface area (Å²) in [6.07, 6.45) is 0. The zero-order valence-electron chi connectivity index (χ0n) is 17.8. The Morgan fingerprint density at radius 3 is 2.81 bits per heavy atom. The lowest BCUT2D eigenvalue weighted by Crippen LogP contribution is -2.53. The maximum Gasteiger partial charge on any atom is 0.231 e. The third-order valence-corrected chi connectivity index (χ3v) is 6.32. The number of halogens is 1. The Hall–Kier alpha value is -2.72. The summed E-state index contributed by atoms with van der Waals surface area (Å²) in [7, 11) is 0. The molecule has 0 radical (unpaired) electrons. The topological polar surface area (TPSA) is 96.9 Å². The Labute approximate surface area is 195 Å². The van der Waals surface area contributed by atoms with Crippen molar-refractivity contribution in [2.45, 2.75) is 31.6 Å². The number of hydrogen-bond acceptors (Lipinski definition) is 8. The number of carbonyl (C=O) groups excluding carboxylic acids is 2. The number of nitrogens with zero attached hydrogens (tertiary/aromatic N) is 4. The van der Waals surface area contributed by atoms with E-state index in [-0.39, 0.29) is 30.4 Å². The SMILES string of the molecule is CC(=O)N1CCN(c2cc(Cl)nc(SCC(=O)NCc3ccc4c(c3)OCO4)n2)CC1C. The van der Waals surface area contributed by atoms with Gasteiger partial charge in [0, 0.05) is 45.2 Å². The van der Waals surface area contributed by atoms with E-state index in [0.717, 1.165) is 5.56 Å². The van der Waals surface area contributed by atoms with Crippen LogP contribution in [0.25, 0.3) is 0 Å². The normalized spacial score (nSPS) is 17.4. The van der Waals surface area contributed by atoms with Crippen LogP contribution >= 0.6 is 23.4 Å². The Bertz CT molecular complexity index is 1020. The van der Waals surface area contributed by atoms with Gasteiger partial charge in [-0.1, -0.05) is 29.4 Å². The minimum Gasteiger partial charge on any atom is -0.454 e. The minimum absolute atomic E-state index is 0.0703. The fraction of sp³-hybridized carbons (Fsp3) is 0.429. The standard InChI is InChI=1S/C21H24ClN5O4S/c1-13-10-26(5-6-27(13)14(2)28)19-8-18(22)24-21(25-19)32-11-20(29)23-9-15-3-4-16-17(7-15)31-12-30-16/h3-4,7-8,13H,5-6,9-12H2,1-2H3,(H,23,29). The number of aromatic nitrogens is 2. The van der Waals surface area contributed by atoms with Crippen molar-refractivity contribution in [3.8, 4) is 11.5 Å². The summed E-state index contributed by atoms with van der Waals surface area (Å²) in [6, 6.07) is 7.36. The summed E-state index contributed by atoms with van der Waals surface area (Å²) >= 11 is 7.44. The lowest BCUT2D eigenvalue weighted by molar-refractivity contribution is -0.131. The molecule has 2 amide bonds. The van der Waals surface area contributed by atoms with Crippen LogP contribution in [0, 0.1) is 0 Å². The van der Waals surface area contributed by atoms with Crippen molar-refractivity contribution in [3.63, 3.8) is 0 Å². The first kappa shape index (κ1) is 22.5. The lowest BCUT2D eigenvalue weighted by atomic mass is 10.2. The number of anilines is 1.